The molecule has 68 valence electrons. The normalized spacial score (nSPS) is 38.4. The Bertz CT molecular complexity index is 187. The van der Waals surface area contributed by atoms with Crippen LogP contribution in [0, 0.1) is 29.1 Å². The van der Waals surface area contributed by atoms with Gasteiger partial charge in [0.05, 0.1) is 6.07 Å². The Kier molecular flexibility index (Phi) is 3.37. The van der Waals surface area contributed by atoms with E-state index in [-0.39, 0.29) is 12.4 Å². The number of halogens is 1. The van der Waals surface area contributed by atoms with Crippen molar-refractivity contribution in [3.05, 3.63) is 0 Å². The summed E-state index contributed by atoms with van der Waals surface area (Å²) in [6.45, 7) is 2.36. The molecule has 12 heavy (non-hydrogen) atoms. The highest BCUT2D eigenvalue weighted by Gasteiger charge is 2.38. The molecule has 1 aliphatic carbocycles. The summed E-state index contributed by atoms with van der Waals surface area (Å²) in [4.78, 5) is 0. The van der Waals surface area contributed by atoms with Gasteiger partial charge in [-0.15, -0.1) is 12.4 Å². The number of hydrogen-bond donors (Lipinski definition) is 1. The third kappa shape index (κ3) is 1.57. The molecule has 2 fully saturated rings. The van der Waals surface area contributed by atoms with Gasteiger partial charge in [-0.1, -0.05) is 0 Å². The van der Waals surface area contributed by atoms with Crippen LogP contribution in [0.5, 0.6) is 0 Å². The number of nitrogens with zero attached hydrogens (tertiary/aromatic N) is 1. The van der Waals surface area contributed by atoms with Crippen LogP contribution in [0.4, 0.5) is 0 Å². The van der Waals surface area contributed by atoms with E-state index in [9.17, 15) is 0 Å². The fraction of sp³-hybridized carbons (Fsp3) is 0.889. The standard InChI is InChI=1S/C9H14N2.ClH/c10-4-3-7-1-2-8-5-11-6-9(7)8;/h7-9,11H,1-3,5-6H2;1H. The van der Waals surface area contributed by atoms with Gasteiger partial charge in [-0.25, -0.2) is 0 Å². The van der Waals surface area contributed by atoms with Crippen molar-refractivity contribution in [1.82, 2.24) is 5.32 Å². The van der Waals surface area contributed by atoms with Gasteiger partial charge in [-0.2, -0.15) is 5.26 Å². The van der Waals surface area contributed by atoms with Gasteiger partial charge < -0.3 is 5.32 Å². The maximum atomic E-state index is 8.58. The van der Waals surface area contributed by atoms with E-state index >= 15 is 0 Å². The van der Waals surface area contributed by atoms with Crippen molar-refractivity contribution < 1.29 is 0 Å². The molecule has 0 aromatic heterocycles. The van der Waals surface area contributed by atoms with Crippen molar-refractivity contribution in [3.63, 3.8) is 0 Å². The van der Waals surface area contributed by atoms with Crippen LogP contribution in [0.15, 0.2) is 0 Å². The van der Waals surface area contributed by atoms with Crippen LogP contribution in [0.2, 0.25) is 0 Å². The Morgan fingerprint density at radius 1 is 1.33 bits per heavy atom. The smallest absolute Gasteiger partial charge is 0.0624 e. The molecule has 0 bridgehead atoms. The van der Waals surface area contributed by atoms with E-state index in [0.717, 1.165) is 24.8 Å². The number of nitrogens with one attached hydrogen (secondary N) is 1. The monoisotopic (exact) mass is 186 g/mol. The first kappa shape index (κ1) is 9.83. The zero-order valence-corrected chi connectivity index (χ0v) is 7.94. The van der Waals surface area contributed by atoms with Gasteiger partial charge in [0, 0.05) is 6.42 Å². The quantitative estimate of drug-likeness (QED) is 0.675. The molecular formula is C9H15ClN2. The average molecular weight is 187 g/mol. The molecule has 2 nitrogen and oxygen atoms in total. The molecule has 0 radical (unpaired) electrons. The molecule has 1 saturated carbocycles. The summed E-state index contributed by atoms with van der Waals surface area (Å²) < 4.78 is 0. The van der Waals surface area contributed by atoms with E-state index in [4.69, 9.17) is 5.26 Å². The summed E-state index contributed by atoms with van der Waals surface area (Å²) in [6.07, 6.45) is 3.43. The van der Waals surface area contributed by atoms with E-state index in [1.54, 1.807) is 0 Å². The molecule has 2 aliphatic rings. The molecule has 1 saturated heterocycles. The van der Waals surface area contributed by atoms with Crippen LogP contribution in [-0.2, 0) is 0 Å². The Hall–Kier alpha value is -0.260. The van der Waals surface area contributed by atoms with Gasteiger partial charge in [0.25, 0.3) is 0 Å². The summed E-state index contributed by atoms with van der Waals surface area (Å²) in [5, 5.41) is 12.0. The third-order valence-electron chi connectivity index (χ3n) is 3.26. The lowest BCUT2D eigenvalue weighted by Gasteiger charge is -2.13. The molecule has 1 N–H and O–H groups in total. The van der Waals surface area contributed by atoms with Gasteiger partial charge in [0.1, 0.15) is 0 Å². The van der Waals surface area contributed by atoms with E-state index in [1.807, 2.05) is 0 Å². The summed E-state index contributed by atoms with van der Waals surface area (Å²) in [7, 11) is 0. The lowest BCUT2D eigenvalue weighted by atomic mass is 9.91. The minimum atomic E-state index is 0. The Morgan fingerprint density at radius 2 is 2.17 bits per heavy atom. The van der Waals surface area contributed by atoms with Crippen LogP contribution in [0.1, 0.15) is 19.3 Å². The number of nitriles is 1. The van der Waals surface area contributed by atoms with E-state index < -0.39 is 0 Å². The second kappa shape index (κ2) is 4.11. The molecule has 1 aliphatic heterocycles. The second-order valence-corrected chi connectivity index (χ2v) is 3.78. The Balaban J connectivity index is 0.000000720. The topological polar surface area (TPSA) is 35.8 Å². The number of hydrogen-bond acceptors (Lipinski definition) is 2. The number of fused-ring (bicyclic) bond motifs is 1. The minimum absolute atomic E-state index is 0. The summed E-state index contributed by atoms with van der Waals surface area (Å²) in [6, 6.07) is 2.29. The van der Waals surface area contributed by atoms with E-state index in [1.165, 1.54) is 19.4 Å². The first-order valence-corrected chi connectivity index (χ1v) is 4.49. The highest BCUT2D eigenvalue weighted by molar-refractivity contribution is 5.85. The molecule has 0 aromatic carbocycles. The van der Waals surface area contributed by atoms with Gasteiger partial charge in [0.15, 0.2) is 0 Å². The van der Waals surface area contributed by atoms with Crippen molar-refractivity contribution in [2.45, 2.75) is 19.3 Å². The van der Waals surface area contributed by atoms with Gasteiger partial charge in [-0.05, 0) is 43.7 Å². The highest BCUT2D eigenvalue weighted by atomic mass is 35.5. The fourth-order valence-electron chi connectivity index (χ4n) is 2.63. The zero-order valence-electron chi connectivity index (χ0n) is 7.12. The molecule has 3 atom stereocenters. The van der Waals surface area contributed by atoms with Crippen molar-refractivity contribution in [1.29, 1.82) is 5.26 Å². The van der Waals surface area contributed by atoms with Crippen molar-refractivity contribution in [2.75, 3.05) is 13.1 Å². The van der Waals surface area contributed by atoms with Crippen molar-refractivity contribution in [2.24, 2.45) is 17.8 Å². The molecule has 0 spiro atoms. The molecule has 3 heteroatoms. The maximum absolute atomic E-state index is 8.58. The van der Waals surface area contributed by atoms with Crippen LogP contribution in [0.25, 0.3) is 0 Å². The lowest BCUT2D eigenvalue weighted by Crippen LogP contribution is -2.15. The minimum Gasteiger partial charge on any atom is -0.316 e. The van der Waals surface area contributed by atoms with Gasteiger partial charge in [-0.3, -0.25) is 0 Å². The zero-order chi connectivity index (χ0) is 7.68. The van der Waals surface area contributed by atoms with Crippen molar-refractivity contribution in [3.8, 4) is 6.07 Å². The maximum Gasteiger partial charge on any atom is 0.0624 e. The Morgan fingerprint density at radius 3 is 2.92 bits per heavy atom. The fourth-order valence-corrected chi connectivity index (χ4v) is 2.63. The molecule has 1 heterocycles. The SMILES string of the molecule is Cl.N#CCC1CCC2CNCC12. The first-order chi connectivity index (χ1) is 5.42. The van der Waals surface area contributed by atoms with Crippen LogP contribution in [0.3, 0.4) is 0 Å². The van der Waals surface area contributed by atoms with Crippen LogP contribution in [-0.4, -0.2) is 13.1 Å². The van der Waals surface area contributed by atoms with Crippen LogP contribution >= 0.6 is 12.4 Å². The summed E-state index contributed by atoms with van der Waals surface area (Å²) in [5.74, 6) is 2.43. The molecule has 3 unspecified atom stereocenters. The highest BCUT2D eigenvalue weighted by Crippen LogP contribution is 2.40. The Labute approximate surface area is 79.7 Å². The third-order valence-corrected chi connectivity index (χ3v) is 3.26. The van der Waals surface area contributed by atoms with Crippen LogP contribution < -0.4 is 5.32 Å². The largest absolute Gasteiger partial charge is 0.316 e. The molecular weight excluding hydrogens is 172 g/mol. The van der Waals surface area contributed by atoms with Gasteiger partial charge in [0.2, 0.25) is 0 Å². The van der Waals surface area contributed by atoms with E-state index in [0.29, 0.717) is 5.92 Å². The summed E-state index contributed by atoms with van der Waals surface area (Å²) in [5.41, 5.74) is 0. The lowest BCUT2D eigenvalue weighted by molar-refractivity contribution is 0.382. The second-order valence-electron chi connectivity index (χ2n) is 3.78. The molecule has 0 amide bonds. The number of rotatable bonds is 1. The predicted octanol–water partition coefficient (Wildman–Crippen LogP) is 1.57. The van der Waals surface area contributed by atoms with E-state index in [2.05, 4.69) is 11.4 Å². The predicted molar refractivity (Wildman–Crippen MR) is 50.1 cm³/mol. The van der Waals surface area contributed by atoms with Crippen molar-refractivity contribution >= 4 is 12.4 Å². The molecule has 0 aromatic rings. The molecule has 2 rings (SSSR count). The van der Waals surface area contributed by atoms with Gasteiger partial charge >= 0.3 is 0 Å². The summed E-state index contributed by atoms with van der Waals surface area (Å²) >= 11 is 0. The first-order valence-electron chi connectivity index (χ1n) is 4.49. The average Bonchev–Trinajstić information content (AvgIpc) is 2.53.